The fourth-order valence-corrected chi connectivity index (χ4v) is 3.51. The molecule has 0 spiro atoms. The van der Waals surface area contributed by atoms with Gasteiger partial charge < -0.3 is 16.4 Å². The van der Waals surface area contributed by atoms with E-state index in [4.69, 9.17) is 17.3 Å². The van der Waals surface area contributed by atoms with Gasteiger partial charge >= 0.3 is 6.18 Å². The molecule has 1 amide bonds. The number of amides is 1. The molecule has 9 heteroatoms. The molecule has 0 unspecified atom stereocenters. The molecule has 1 fully saturated rings. The molecule has 0 saturated heterocycles. The van der Waals surface area contributed by atoms with E-state index in [1.165, 1.54) is 6.20 Å². The number of nitrogens with zero attached hydrogens (tertiary/aromatic N) is 1. The van der Waals surface area contributed by atoms with Crippen molar-refractivity contribution in [2.75, 3.05) is 6.54 Å². The molecule has 5 nitrogen and oxygen atoms in total. The Balaban J connectivity index is 1.81. The lowest BCUT2D eigenvalue weighted by Gasteiger charge is -2.29. The Hall–Kier alpha value is -2.48. The Morgan fingerprint density at radius 2 is 2.03 bits per heavy atom. The van der Waals surface area contributed by atoms with Crippen molar-refractivity contribution in [2.45, 2.75) is 44.8 Å². The second-order valence-electron chi connectivity index (χ2n) is 7.34. The van der Waals surface area contributed by atoms with E-state index in [0.717, 1.165) is 44.0 Å². The summed E-state index contributed by atoms with van der Waals surface area (Å²) in [4.78, 5) is 16.6. The maximum Gasteiger partial charge on any atom is 0.416 e. The Kier molecular flexibility index (Phi) is 8.34. The number of aryl methyl sites for hydroxylation is 1. The first-order valence-electron chi connectivity index (χ1n) is 9.63. The fraction of sp³-hybridized carbons (Fsp3) is 0.429. The van der Waals surface area contributed by atoms with Gasteiger partial charge in [0.25, 0.3) is 5.91 Å². The monoisotopic (exact) mass is 442 g/mol. The van der Waals surface area contributed by atoms with Crippen LogP contribution < -0.4 is 16.4 Å². The topological polar surface area (TPSA) is 80.0 Å². The van der Waals surface area contributed by atoms with Gasteiger partial charge in [0.1, 0.15) is 0 Å². The molecule has 1 aromatic heterocycles. The van der Waals surface area contributed by atoms with Crippen molar-refractivity contribution in [3.05, 3.63) is 64.7 Å². The SMILES string of the molecule is C=C(/C=C(\C=C/N)C(F)(F)F)NC[C@H]1CC[C@H](NC(=O)c2cc(Cl)cnc2C)CC1. The minimum atomic E-state index is -4.49. The van der Waals surface area contributed by atoms with Gasteiger partial charge in [0, 0.05) is 24.5 Å². The molecule has 0 aromatic carbocycles. The Morgan fingerprint density at radius 1 is 1.37 bits per heavy atom. The van der Waals surface area contributed by atoms with Gasteiger partial charge in [-0.2, -0.15) is 13.2 Å². The molecular formula is C21H26ClF3N4O. The summed E-state index contributed by atoms with van der Waals surface area (Å²) in [5.41, 5.74) is 5.47. The van der Waals surface area contributed by atoms with Gasteiger partial charge in [-0.25, -0.2) is 0 Å². The molecule has 2 rings (SSSR count). The second kappa shape index (κ2) is 10.5. The Bertz CT molecular complexity index is 828. The summed E-state index contributed by atoms with van der Waals surface area (Å²) in [5, 5.41) is 6.38. The first-order chi connectivity index (χ1) is 14.1. The third-order valence-electron chi connectivity index (χ3n) is 5.03. The Morgan fingerprint density at radius 3 is 2.63 bits per heavy atom. The number of carbonyl (C=O) groups excluding carboxylic acids is 1. The highest BCUT2D eigenvalue weighted by molar-refractivity contribution is 6.30. The number of nitrogens with two attached hydrogens (primary N) is 1. The molecule has 1 aliphatic rings. The van der Waals surface area contributed by atoms with Crippen molar-refractivity contribution in [3.63, 3.8) is 0 Å². The molecule has 1 saturated carbocycles. The van der Waals surface area contributed by atoms with E-state index in [1.54, 1.807) is 13.0 Å². The van der Waals surface area contributed by atoms with Crippen LogP contribution in [0.2, 0.25) is 5.02 Å². The number of halogens is 4. The van der Waals surface area contributed by atoms with Gasteiger partial charge in [-0.05, 0) is 62.9 Å². The van der Waals surface area contributed by atoms with Crippen molar-refractivity contribution in [2.24, 2.45) is 11.7 Å². The largest absolute Gasteiger partial charge is 0.416 e. The lowest BCUT2D eigenvalue weighted by atomic mass is 9.86. The molecule has 1 heterocycles. The summed E-state index contributed by atoms with van der Waals surface area (Å²) in [6, 6.07) is 1.64. The van der Waals surface area contributed by atoms with Crippen LogP contribution in [-0.4, -0.2) is 29.7 Å². The molecule has 1 aromatic rings. The third-order valence-corrected chi connectivity index (χ3v) is 5.24. The predicted octanol–water partition coefficient (Wildman–Crippen LogP) is 4.40. The van der Waals surface area contributed by atoms with Crippen LogP contribution in [0.15, 0.2) is 48.5 Å². The van der Waals surface area contributed by atoms with Crippen molar-refractivity contribution in [3.8, 4) is 0 Å². The quantitative estimate of drug-likeness (QED) is 0.547. The van der Waals surface area contributed by atoms with E-state index in [-0.39, 0.29) is 23.6 Å². The number of rotatable bonds is 7. The van der Waals surface area contributed by atoms with Crippen LogP contribution in [0.5, 0.6) is 0 Å². The lowest BCUT2D eigenvalue weighted by molar-refractivity contribution is -0.0882. The standard InChI is InChI=1S/C21H26ClF3N4O/c1-13(9-16(7-8-26)21(23,24)25)27-11-15-3-5-18(6-4-15)29-20(30)19-10-17(22)12-28-14(19)2/h7-10,12,15,18,27H,1,3-6,11,26H2,2H3,(H,29,30)/b8-7-,16-9+/t15-,18-. The zero-order valence-electron chi connectivity index (χ0n) is 16.7. The predicted molar refractivity (Wildman–Crippen MR) is 112 cm³/mol. The molecular weight excluding hydrogens is 417 g/mol. The van der Waals surface area contributed by atoms with E-state index in [9.17, 15) is 18.0 Å². The number of allylic oxidation sites excluding steroid dienone is 3. The lowest BCUT2D eigenvalue weighted by Crippen LogP contribution is -2.39. The van der Waals surface area contributed by atoms with Gasteiger partial charge in [0.15, 0.2) is 0 Å². The van der Waals surface area contributed by atoms with Crippen LogP contribution in [0, 0.1) is 12.8 Å². The zero-order chi connectivity index (χ0) is 22.3. The highest BCUT2D eigenvalue weighted by Gasteiger charge is 2.31. The number of alkyl halides is 3. The number of hydrogen-bond donors (Lipinski definition) is 3. The number of aromatic nitrogens is 1. The molecule has 0 aliphatic heterocycles. The van der Waals surface area contributed by atoms with Crippen LogP contribution in [-0.2, 0) is 0 Å². The summed E-state index contributed by atoms with van der Waals surface area (Å²) in [6.07, 6.45) is 2.87. The van der Waals surface area contributed by atoms with E-state index in [1.807, 2.05) is 0 Å². The fourth-order valence-electron chi connectivity index (χ4n) is 3.35. The maximum absolute atomic E-state index is 12.9. The molecule has 4 N–H and O–H groups in total. The van der Waals surface area contributed by atoms with E-state index >= 15 is 0 Å². The number of carbonyl (C=O) groups is 1. The summed E-state index contributed by atoms with van der Waals surface area (Å²) in [5.74, 6) is 0.0903. The van der Waals surface area contributed by atoms with Crippen LogP contribution >= 0.6 is 11.6 Å². The average Bonchev–Trinajstić information content (AvgIpc) is 2.68. The van der Waals surface area contributed by atoms with Crippen LogP contribution in [0.4, 0.5) is 13.2 Å². The maximum atomic E-state index is 12.9. The van der Waals surface area contributed by atoms with E-state index < -0.39 is 11.7 Å². The molecule has 0 radical (unpaired) electrons. The first-order valence-corrected chi connectivity index (χ1v) is 10.0. The van der Waals surface area contributed by atoms with E-state index in [2.05, 4.69) is 22.2 Å². The van der Waals surface area contributed by atoms with Gasteiger partial charge in [0.2, 0.25) is 0 Å². The van der Waals surface area contributed by atoms with Crippen LogP contribution in [0.1, 0.15) is 41.7 Å². The van der Waals surface area contributed by atoms with Crippen molar-refractivity contribution >= 4 is 17.5 Å². The minimum absolute atomic E-state index is 0.0433. The van der Waals surface area contributed by atoms with Crippen molar-refractivity contribution in [1.82, 2.24) is 15.6 Å². The first kappa shape index (κ1) is 23.8. The summed E-state index contributed by atoms with van der Waals surface area (Å²) in [6.45, 7) is 5.91. The molecule has 0 atom stereocenters. The van der Waals surface area contributed by atoms with Crippen LogP contribution in [0.25, 0.3) is 0 Å². The van der Waals surface area contributed by atoms with Crippen LogP contribution in [0.3, 0.4) is 0 Å². The number of pyridine rings is 1. The summed E-state index contributed by atoms with van der Waals surface area (Å²) >= 11 is 5.92. The Labute approximate surface area is 179 Å². The second-order valence-corrected chi connectivity index (χ2v) is 7.78. The summed E-state index contributed by atoms with van der Waals surface area (Å²) < 4.78 is 38.7. The number of nitrogens with one attached hydrogen (secondary N) is 2. The highest BCUT2D eigenvalue weighted by Crippen LogP contribution is 2.28. The highest BCUT2D eigenvalue weighted by atomic mass is 35.5. The van der Waals surface area contributed by atoms with Gasteiger partial charge in [-0.15, -0.1) is 0 Å². The average molecular weight is 443 g/mol. The van der Waals surface area contributed by atoms with Gasteiger partial charge in [-0.3, -0.25) is 9.78 Å². The van der Waals surface area contributed by atoms with Crippen molar-refractivity contribution < 1.29 is 18.0 Å². The minimum Gasteiger partial charge on any atom is -0.405 e. The van der Waals surface area contributed by atoms with E-state index in [0.29, 0.717) is 22.8 Å². The number of hydrogen-bond acceptors (Lipinski definition) is 4. The molecule has 1 aliphatic carbocycles. The third kappa shape index (κ3) is 7.09. The molecule has 30 heavy (non-hydrogen) atoms. The summed E-state index contributed by atoms with van der Waals surface area (Å²) in [7, 11) is 0. The van der Waals surface area contributed by atoms with Gasteiger partial charge in [0.05, 0.1) is 21.9 Å². The van der Waals surface area contributed by atoms with Gasteiger partial charge in [-0.1, -0.05) is 18.2 Å². The normalized spacial score (nSPS) is 20.2. The van der Waals surface area contributed by atoms with Crippen molar-refractivity contribution in [1.29, 1.82) is 0 Å². The molecule has 0 bridgehead atoms. The smallest absolute Gasteiger partial charge is 0.405 e. The molecule has 164 valence electrons. The zero-order valence-corrected chi connectivity index (χ0v) is 17.5.